The maximum absolute atomic E-state index is 7.54. The molecule has 1 heterocycles. The van der Waals surface area contributed by atoms with Crippen LogP contribution in [0, 0.1) is 6.57 Å². The molecule has 0 amide bonds. The van der Waals surface area contributed by atoms with Gasteiger partial charge in [0.25, 0.3) is 0 Å². The van der Waals surface area contributed by atoms with Crippen molar-refractivity contribution in [2.45, 2.75) is 6.92 Å². The first-order valence-electron chi connectivity index (χ1n) is 8.39. The Kier molecular flexibility index (Phi) is 5.02. The molecular weight excluding hydrogens is 298 g/mol. The number of nitrogens with zero attached hydrogens (tertiary/aromatic N) is 3. The molecule has 4 nitrogen and oxygen atoms in total. The summed E-state index contributed by atoms with van der Waals surface area (Å²) >= 11 is 0. The molecule has 2 aromatic rings. The molecule has 4 heteroatoms. The second-order valence-electron chi connectivity index (χ2n) is 5.94. The Morgan fingerprint density at radius 1 is 1.08 bits per heavy atom. The van der Waals surface area contributed by atoms with Gasteiger partial charge in [-0.3, -0.25) is 0 Å². The first-order chi connectivity index (χ1) is 11.8. The first kappa shape index (κ1) is 16.4. The molecule has 0 unspecified atom stereocenters. The molecule has 0 bridgehead atoms. The van der Waals surface area contributed by atoms with E-state index in [4.69, 9.17) is 11.3 Å². The van der Waals surface area contributed by atoms with Crippen LogP contribution in [0.1, 0.15) is 6.92 Å². The van der Waals surface area contributed by atoms with Crippen LogP contribution in [0.2, 0.25) is 0 Å². The SMILES string of the molecule is [C-]#[N+]c1cc(N2CCN(CC)CC2)cc(-c2ccccc2)c1OC. The minimum absolute atomic E-state index is 0.576. The van der Waals surface area contributed by atoms with Crippen LogP contribution in [0.5, 0.6) is 5.75 Å². The number of piperazine rings is 1. The van der Waals surface area contributed by atoms with Gasteiger partial charge >= 0.3 is 0 Å². The highest BCUT2D eigenvalue weighted by molar-refractivity contribution is 5.83. The lowest BCUT2D eigenvalue weighted by Crippen LogP contribution is -2.46. The normalized spacial score (nSPS) is 15.1. The van der Waals surface area contributed by atoms with E-state index in [1.54, 1.807) is 7.11 Å². The molecule has 0 saturated carbocycles. The van der Waals surface area contributed by atoms with Crippen LogP contribution < -0.4 is 9.64 Å². The summed E-state index contributed by atoms with van der Waals surface area (Å²) in [6, 6.07) is 14.3. The van der Waals surface area contributed by atoms with Crippen molar-refractivity contribution < 1.29 is 4.74 Å². The maximum atomic E-state index is 7.54. The number of hydrogen-bond acceptors (Lipinski definition) is 3. The van der Waals surface area contributed by atoms with Gasteiger partial charge in [0.15, 0.2) is 0 Å². The molecule has 0 N–H and O–H groups in total. The van der Waals surface area contributed by atoms with Gasteiger partial charge in [-0.05, 0) is 24.2 Å². The van der Waals surface area contributed by atoms with Crippen LogP contribution >= 0.6 is 0 Å². The van der Waals surface area contributed by atoms with Crippen LogP contribution in [-0.4, -0.2) is 44.7 Å². The molecule has 1 aliphatic rings. The number of benzene rings is 2. The molecule has 0 aliphatic carbocycles. The molecule has 0 atom stereocenters. The van der Waals surface area contributed by atoms with Crippen molar-refractivity contribution in [2.24, 2.45) is 0 Å². The van der Waals surface area contributed by atoms with Crippen molar-refractivity contribution in [3.63, 3.8) is 0 Å². The summed E-state index contributed by atoms with van der Waals surface area (Å²) in [6.45, 7) is 15.0. The maximum Gasteiger partial charge on any atom is 0.230 e. The predicted molar refractivity (Wildman–Crippen MR) is 99.0 cm³/mol. The molecule has 24 heavy (non-hydrogen) atoms. The zero-order chi connectivity index (χ0) is 16.9. The van der Waals surface area contributed by atoms with Crippen molar-refractivity contribution in [1.29, 1.82) is 0 Å². The second kappa shape index (κ2) is 7.37. The quantitative estimate of drug-likeness (QED) is 0.792. The second-order valence-corrected chi connectivity index (χ2v) is 5.94. The minimum atomic E-state index is 0.576. The first-order valence-corrected chi connectivity index (χ1v) is 8.39. The minimum Gasteiger partial charge on any atom is -0.507 e. The Bertz CT molecular complexity index is 729. The summed E-state index contributed by atoms with van der Waals surface area (Å²) in [5, 5.41) is 0. The number of ether oxygens (including phenoxy) is 1. The zero-order valence-electron chi connectivity index (χ0n) is 14.3. The number of anilines is 1. The van der Waals surface area contributed by atoms with E-state index in [0.29, 0.717) is 11.4 Å². The molecule has 0 spiro atoms. The third-order valence-electron chi connectivity index (χ3n) is 4.65. The fourth-order valence-corrected chi connectivity index (χ4v) is 3.23. The largest absolute Gasteiger partial charge is 0.507 e. The fourth-order valence-electron chi connectivity index (χ4n) is 3.23. The smallest absolute Gasteiger partial charge is 0.230 e. The van der Waals surface area contributed by atoms with Crippen molar-refractivity contribution >= 4 is 11.4 Å². The number of methoxy groups -OCH3 is 1. The Morgan fingerprint density at radius 2 is 1.79 bits per heavy atom. The fraction of sp³-hybridized carbons (Fsp3) is 0.350. The number of rotatable bonds is 4. The molecule has 124 valence electrons. The summed E-state index contributed by atoms with van der Waals surface area (Å²) in [7, 11) is 1.64. The average molecular weight is 321 g/mol. The summed E-state index contributed by atoms with van der Waals surface area (Å²) < 4.78 is 5.56. The van der Waals surface area contributed by atoms with Gasteiger partial charge in [-0.25, -0.2) is 4.85 Å². The number of hydrogen-bond donors (Lipinski definition) is 0. The molecule has 1 fully saturated rings. The van der Waals surface area contributed by atoms with E-state index in [2.05, 4.69) is 39.8 Å². The van der Waals surface area contributed by atoms with Gasteiger partial charge in [-0.15, -0.1) is 0 Å². The average Bonchev–Trinajstić information content (AvgIpc) is 2.67. The van der Waals surface area contributed by atoms with Crippen LogP contribution in [0.3, 0.4) is 0 Å². The van der Waals surface area contributed by atoms with Crippen molar-refractivity contribution in [3.05, 3.63) is 53.9 Å². The highest BCUT2D eigenvalue weighted by Crippen LogP contribution is 2.42. The standard InChI is InChI=1S/C20H23N3O/c1-4-22-10-12-23(13-11-22)17-14-18(16-8-6-5-7-9-16)20(24-3)19(15-17)21-2/h5-9,14-15H,4,10-13H2,1,3H3. The van der Waals surface area contributed by atoms with Crippen LogP contribution in [0.25, 0.3) is 16.0 Å². The summed E-state index contributed by atoms with van der Waals surface area (Å²) in [4.78, 5) is 8.52. The monoisotopic (exact) mass is 321 g/mol. The van der Waals surface area contributed by atoms with Gasteiger partial charge in [0.2, 0.25) is 5.69 Å². The lowest BCUT2D eigenvalue weighted by molar-refractivity contribution is 0.271. The van der Waals surface area contributed by atoms with Gasteiger partial charge in [0.05, 0.1) is 13.7 Å². The summed E-state index contributed by atoms with van der Waals surface area (Å²) in [5.74, 6) is 0.659. The molecule has 1 aliphatic heterocycles. The van der Waals surface area contributed by atoms with Crippen LogP contribution in [-0.2, 0) is 0 Å². The van der Waals surface area contributed by atoms with E-state index in [1.807, 2.05) is 24.3 Å². The Balaban J connectivity index is 2.01. The Morgan fingerprint density at radius 3 is 2.38 bits per heavy atom. The van der Waals surface area contributed by atoms with E-state index in [1.165, 1.54) is 0 Å². The van der Waals surface area contributed by atoms with Crippen LogP contribution in [0.4, 0.5) is 11.4 Å². The van der Waals surface area contributed by atoms with Crippen molar-refractivity contribution in [1.82, 2.24) is 4.90 Å². The van der Waals surface area contributed by atoms with Gasteiger partial charge in [0, 0.05) is 37.4 Å². The zero-order valence-corrected chi connectivity index (χ0v) is 14.3. The molecule has 1 saturated heterocycles. The lowest BCUT2D eigenvalue weighted by atomic mass is 10.0. The van der Waals surface area contributed by atoms with Crippen molar-refractivity contribution in [2.75, 3.05) is 44.7 Å². The van der Waals surface area contributed by atoms with E-state index in [-0.39, 0.29) is 0 Å². The Hall–Kier alpha value is -2.51. The van der Waals surface area contributed by atoms with Gasteiger partial charge in [0.1, 0.15) is 5.75 Å². The molecular formula is C20H23N3O. The number of likely N-dealkylation sites (N-methyl/N-ethyl adjacent to an activating group) is 1. The highest BCUT2D eigenvalue weighted by Gasteiger charge is 2.20. The lowest BCUT2D eigenvalue weighted by Gasteiger charge is -2.36. The van der Waals surface area contributed by atoms with E-state index < -0.39 is 0 Å². The van der Waals surface area contributed by atoms with Gasteiger partial charge in [-0.1, -0.05) is 37.3 Å². The van der Waals surface area contributed by atoms with Crippen molar-refractivity contribution in [3.8, 4) is 16.9 Å². The molecule has 0 radical (unpaired) electrons. The topological polar surface area (TPSA) is 20.1 Å². The molecule has 0 aromatic heterocycles. The van der Waals surface area contributed by atoms with E-state index in [9.17, 15) is 0 Å². The van der Waals surface area contributed by atoms with E-state index in [0.717, 1.165) is 49.5 Å². The van der Waals surface area contributed by atoms with Crippen LogP contribution in [0.15, 0.2) is 42.5 Å². The highest BCUT2D eigenvalue weighted by atomic mass is 16.5. The summed E-state index contributed by atoms with van der Waals surface area (Å²) in [6.07, 6.45) is 0. The van der Waals surface area contributed by atoms with Gasteiger partial charge in [-0.2, -0.15) is 0 Å². The molecule has 3 rings (SSSR count). The predicted octanol–water partition coefficient (Wildman–Crippen LogP) is 4.05. The van der Waals surface area contributed by atoms with E-state index >= 15 is 0 Å². The molecule has 2 aromatic carbocycles. The van der Waals surface area contributed by atoms with Gasteiger partial charge < -0.3 is 14.5 Å². The third kappa shape index (κ3) is 3.22. The summed E-state index contributed by atoms with van der Waals surface area (Å²) in [5.41, 5.74) is 3.75. The third-order valence-corrected chi connectivity index (χ3v) is 4.65. The Labute approximate surface area is 144 Å².